The fraction of sp³-hybridized carbons (Fsp3) is 0.429. The molecule has 0 aliphatic carbocycles. The zero-order valence-electron chi connectivity index (χ0n) is 10.2. The number of fused-ring (bicyclic) bond motifs is 1. The van der Waals surface area contributed by atoms with E-state index in [1.807, 2.05) is 6.07 Å². The first-order valence-electron chi connectivity index (χ1n) is 6.37. The van der Waals surface area contributed by atoms with Gasteiger partial charge in [-0.3, -0.25) is 4.90 Å². The van der Waals surface area contributed by atoms with Gasteiger partial charge in [0.25, 0.3) is 0 Å². The van der Waals surface area contributed by atoms with Gasteiger partial charge in [-0.1, -0.05) is 12.1 Å². The highest BCUT2D eigenvalue weighted by Crippen LogP contribution is 2.24. The number of hydrogen-bond donors (Lipinski definition) is 0. The molecule has 1 aromatic carbocycles. The molecule has 0 N–H and O–H groups in total. The fourth-order valence-corrected chi connectivity index (χ4v) is 3.44. The summed E-state index contributed by atoms with van der Waals surface area (Å²) in [5.74, 6) is 0.275. The van der Waals surface area contributed by atoms with Gasteiger partial charge in [-0.05, 0) is 38.1 Å². The molecule has 18 heavy (non-hydrogen) atoms. The maximum atomic E-state index is 10.7. The van der Waals surface area contributed by atoms with Crippen LogP contribution in [0.4, 0.5) is 0 Å². The van der Waals surface area contributed by atoms with Crippen LogP contribution >= 0.6 is 11.3 Å². The minimum atomic E-state index is 0.275. The van der Waals surface area contributed by atoms with Crippen molar-refractivity contribution in [2.45, 2.75) is 19.4 Å². The van der Waals surface area contributed by atoms with Crippen LogP contribution in [0.1, 0.15) is 17.8 Å². The molecule has 0 radical (unpaired) electrons. The summed E-state index contributed by atoms with van der Waals surface area (Å²) in [4.78, 5) is 17.8. The second-order valence-corrected chi connectivity index (χ2v) is 5.94. The summed E-state index contributed by atoms with van der Waals surface area (Å²) >= 11 is 1.78. The number of rotatable bonds is 3. The molecule has 0 atom stereocenters. The van der Waals surface area contributed by atoms with Crippen LogP contribution in [0.3, 0.4) is 0 Å². The normalized spacial score (nSPS) is 18.2. The fourth-order valence-electron chi connectivity index (χ4n) is 2.43. The topological polar surface area (TPSA) is 33.2 Å². The average molecular weight is 260 g/mol. The third kappa shape index (κ3) is 2.44. The van der Waals surface area contributed by atoms with Crippen molar-refractivity contribution in [1.29, 1.82) is 0 Å². The molecule has 0 unspecified atom stereocenters. The monoisotopic (exact) mass is 260 g/mol. The van der Waals surface area contributed by atoms with Crippen LogP contribution in [0.5, 0.6) is 0 Å². The Bertz CT molecular complexity index is 510. The van der Waals surface area contributed by atoms with Crippen molar-refractivity contribution >= 4 is 27.8 Å². The van der Waals surface area contributed by atoms with Crippen LogP contribution in [-0.4, -0.2) is 29.3 Å². The Labute approximate surface area is 110 Å². The van der Waals surface area contributed by atoms with Crippen molar-refractivity contribution in [3.05, 3.63) is 29.3 Å². The summed E-state index contributed by atoms with van der Waals surface area (Å²) in [6, 6.07) is 8.27. The molecule has 1 aromatic heterocycles. The number of para-hydroxylation sites is 1. The van der Waals surface area contributed by atoms with Gasteiger partial charge in [-0.2, -0.15) is 0 Å². The molecule has 3 rings (SSSR count). The lowest BCUT2D eigenvalue weighted by Gasteiger charge is -2.28. The lowest BCUT2D eigenvalue weighted by atomic mass is 9.99. The number of likely N-dealkylation sites (tertiary alicyclic amines) is 1. The van der Waals surface area contributed by atoms with Crippen molar-refractivity contribution in [3.8, 4) is 0 Å². The highest BCUT2D eigenvalue weighted by molar-refractivity contribution is 7.18. The Morgan fingerprint density at radius 1 is 1.33 bits per heavy atom. The van der Waals surface area contributed by atoms with Gasteiger partial charge in [0.15, 0.2) is 0 Å². The quantitative estimate of drug-likeness (QED) is 0.796. The molecular weight excluding hydrogens is 244 g/mol. The number of aromatic nitrogens is 1. The number of nitrogens with zero attached hydrogens (tertiary/aromatic N) is 2. The Morgan fingerprint density at radius 3 is 2.83 bits per heavy atom. The number of thiazole rings is 1. The zero-order chi connectivity index (χ0) is 12.4. The summed E-state index contributed by atoms with van der Waals surface area (Å²) < 4.78 is 1.26. The van der Waals surface area contributed by atoms with Crippen molar-refractivity contribution in [2.75, 3.05) is 13.1 Å². The van der Waals surface area contributed by atoms with Crippen LogP contribution < -0.4 is 0 Å². The molecule has 1 aliphatic rings. The van der Waals surface area contributed by atoms with E-state index >= 15 is 0 Å². The zero-order valence-corrected chi connectivity index (χ0v) is 11.0. The van der Waals surface area contributed by atoms with Gasteiger partial charge in [-0.25, -0.2) is 4.98 Å². The largest absolute Gasteiger partial charge is 0.303 e. The molecule has 1 saturated heterocycles. The Kier molecular flexibility index (Phi) is 3.39. The highest BCUT2D eigenvalue weighted by Gasteiger charge is 2.19. The van der Waals surface area contributed by atoms with Gasteiger partial charge in [0.05, 0.1) is 16.8 Å². The highest BCUT2D eigenvalue weighted by atomic mass is 32.1. The lowest BCUT2D eigenvalue weighted by Crippen LogP contribution is -2.33. The second-order valence-electron chi connectivity index (χ2n) is 4.82. The summed E-state index contributed by atoms with van der Waals surface area (Å²) in [5, 5.41) is 1.18. The van der Waals surface area contributed by atoms with E-state index in [0.29, 0.717) is 0 Å². The second kappa shape index (κ2) is 5.16. The Balaban J connectivity index is 1.67. The van der Waals surface area contributed by atoms with Gasteiger partial charge in [-0.15, -0.1) is 11.3 Å². The standard InChI is InChI=1S/C14H16N2OS/c17-10-11-5-7-16(8-6-11)9-14-15-12-3-1-2-4-13(12)18-14/h1-4,10-11H,5-9H2. The minimum Gasteiger partial charge on any atom is -0.303 e. The summed E-state index contributed by atoms with van der Waals surface area (Å²) in [6.45, 7) is 2.95. The first-order chi connectivity index (χ1) is 8.85. The van der Waals surface area contributed by atoms with E-state index < -0.39 is 0 Å². The van der Waals surface area contributed by atoms with Crippen LogP contribution in [0.25, 0.3) is 10.2 Å². The van der Waals surface area contributed by atoms with Gasteiger partial charge >= 0.3 is 0 Å². The van der Waals surface area contributed by atoms with Crippen molar-refractivity contribution in [3.63, 3.8) is 0 Å². The third-order valence-electron chi connectivity index (χ3n) is 3.52. The number of carbonyl (C=O) groups excluding carboxylic acids is 1. The van der Waals surface area contributed by atoms with Crippen LogP contribution in [0.15, 0.2) is 24.3 Å². The molecule has 0 saturated carbocycles. The van der Waals surface area contributed by atoms with Gasteiger partial charge in [0, 0.05) is 5.92 Å². The number of carbonyl (C=O) groups is 1. The SMILES string of the molecule is O=CC1CCN(Cc2nc3ccccc3s2)CC1. The third-order valence-corrected chi connectivity index (χ3v) is 4.54. The van der Waals surface area contributed by atoms with Gasteiger partial charge in [0.1, 0.15) is 11.3 Å². The average Bonchev–Trinajstić information content (AvgIpc) is 2.82. The molecule has 1 fully saturated rings. The van der Waals surface area contributed by atoms with E-state index in [2.05, 4.69) is 28.1 Å². The summed E-state index contributed by atoms with van der Waals surface area (Å²) in [6.07, 6.45) is 3.10. The first kappa shape index (κ1) is 11.8. The molecule has 3 nitrogen and oxygen atoms in total. The van der Waals surface area contributed by atoms with E-state index in [-0.39, 0.29) is 5.92 Å². The predicted molar refractivity (Wildman–Crippen MR) is 73.7 cm³/mol. The van der Waals surface area contributed by atoms with E-state index in [4.69, 9.17) is 0 Å². The van der Waals surface area contributed by atoms with Gasteiger partial charge < -0.3 is 4.79 Å². The molecule has 0 amide bonds. The number of hydrogen-bond acceptors (Lipinski definition) is 4. The summed E-state index contributed by atoms with van der Waals surface area (Å²) in [7, 11) is 0. The van der Waals surface area contributed by atoms with Crippen molar-refractivity contribution in [1.82, 2.24) is 9.88 Å². The molecule has 2 heterocycles. The molecule has 0 spiro atoms. The number of piperidine rings is 1. The first-order valence-corrected chi connectivity index (χ1v) is 7.19. The number of benzene rings is 1. The molecule has 2 aromatic rings. The lowest BCUT2D eigenvalue weighted by molar-refractivity contribution is -0.112. The van der Waals surface area contributed by atoms with E-state index in [0.717, 1.165) is 44.3 Å². The van der Waals surface area contributed by atoms with Crippen LogP contribution in [-0.2, 0) is 11.3 Å². The van der Waals surface area contributed by atoms with E-state index in [1.165, 1.54) is 9.71 Å². The maximum Gasteiger partial charge on any atom is 0.123 e. The van der Waals surface area contributed by atoms with Crippen LogP contribution in [0.2, 0.25) is 0 Å². The molecule has 1 aliphatic heterocycles. The Hall–Kier alpha value is -1.26. The van der Waals surface area contributed by atoms with E-state index in [1.54, 1.807) is 11.3 Å². The van der Waals surface area contributed by atoms with Crippen molar-refractivity contribution in [2.24, 2.45) is 5.92 Å². The minimum absolute atomic E-state index is 0.275. The molecule has 94 valence electrons. The Morgan fingerprint density at radius 2 is 2.11 bits per heavy atom. The smallest absolute Gasteiger partial charge is 0.123 e. The summed E-state index contributed by atoms with van der Waals surface area (Å²) in [5.41, 5.74) is 1.10. The molecule has 0 bridgehead atoms. The number of aldehydes is 1. The molecular formula is C14H16N2OS. The predicted octanol–water partition coefficient (Wildman–Crippen LogP) is 2.71. The van der Waals surface area contributed by atoms with Gasteiger partial charge in [0.2, 0.25) is 0 Å². The maximum absolute atomic E-state index is 10.7. The van der Waals surface area contributed by atoms with Crippen LogP contribution in [0, 0.1) is 5.92 Å². The molecule has 4 heteroatoms. The van der Waals surface area contributed by atoms with Crippen molar-refractivity contribution < 1.29 is 4.79 Å². The van der Waals surface area contributed by atoms with E-state index in [9.17, 15) is 4.79 Å².